The van der Waals surface area contributed by atoms with Gasteiger partial charge in [0.2, 0.25) is 0 Å². The molecule has 1 aromatic heterocycles. The van der Waals surface area contributed by atoms with Crippen LogP contribution in [0, 0.1) is 25.2 Å². The van der Waals surface area contributed by atoms with Crippen molar-refractivity contribution in [3.63, 3.8) is 0 Å². The third kappa shape index (κ3) is 4.61. The fourth-order valence-corrected chi connectivity index (χ4v) is 2.84. The van der Waals surface area contributed by atoms with E-state index in [4.69, 9.17) is 10.00 Å². The van der Waals surface area contributed by atoms with Crippen molar-refractivity contribution in [1.29, 1.82) is 5.26 Å². The quantitative estimate of drug-likeness (QED) is 0.596. The van der Waals surface area contributed by atoms with E-state index in [0.29, 0.717) is 5.01 Å². The average molecular weight is 340 g/mol. The van der Waals surface area contributed by atoms with E-state index in [9.17, 15) is 9.59 Å². The van der Waals surface area contributed by atoms with E-state index in [1.807, 2.05) is 37.3 Å². The Morgan fingerprint density at radius 1 is 1.38 bits per heavy atom. The Labute approximate surface area is 144 Å². The van der Waals surface area contributed by atoms with Gasteiger partial charge in [-0.05, 0) is 31.1 Å². The van der Waals surface area contributed by atoms with Crippen LogP contribution < -0.4 is 0 Å². The van der Waals surface area contributed by atoms with Crippen molar-refractivity contribution in [2.45, 2.75) is 19.8 Å². The van der Waals surface area contributed by atoms with E-state index < -0.39 is 24.3 Å². The van der Waals surface area contributed by atoms with Gasteiger partial charge in [0.1, 0.15) is 5.01 Å². The summed E-state index contributed by atoms with van der Waals surface area (Å²) in [5.74, 6) is -2.11. The molecule has 1 heterocycles. The summed E-state index contributed by atoms with van der Waals surface area (Å²) in [6, 6.07) is 9.50. The second-order valence-corrected chi connectivity index (χ2v) is 6.04. The van der Waals surface area contributed by atoms with Crippen molar-refractivity contribution in [3.8, 4) is 6.07 Å². The molecule has 6 heteroatoms. The minimum atomic E-state index is -1.00. The summed E-state index contributed by atoms with van der Waals surface area (Å²) >= 11 is 1.25. The molecule has 0 fully saturated rings. The number of thiazole rings is 1. The molecule has 5 nitrogen and oxygen atoms in total. The number of ether oxygens (including phenoxy) is 1. The summed E-state index contributed by atoms with van der Waals surface area (Å²) in [6.45, 7) is 3.27. The molecule has 0 N–H and O–H groups in total. The van der Waals surface area contributed by atoms with Gasteiger partial charge in [-0.25, -0.2) is 9.78 Å². The molecule has 2 aromatic rings. The van der Waals surface area contributed by atoms with Gasteiger partial charge in [0.05, 0.1) is 6.07 Å². The van der Waals surface area contributed by atoms with Gasteiger partial charge in [0.15, 0.2) is 18.3 Å². The highest BCUT2D eigenvalue weighted by Crippen LogP contribution is 2.20. The summed E-state index contributed by atoms with van der Waals surface area (Å²) in [6.07, 6.45) is 2.90. The normalized spacial score (nSPS) is 11.9. The zero-order chi connectivity index (χ0) is 17.5. The van der Waals surface area contributed by atoms with Crippen molar-refractivity contribution in [2.24, 2.45) is 0 Å². The first-order chi connectivity index (χ1) is 11.5. The van der Waals surface area contributed by atoms with E-state index in [2.05, 4.69) is 4.98 Å². The minimum Gasteiger partial charge on any atom is -0.454 e. The lowest BCUT2D eigenvalue weighted by molar-refractivity contribution is -0.143. The maximum Gasteiger partial charge on any atom is 0.331 e. The monoisotopic (exact) mass is 340 g/mol. The maximum absolute atomic E-state index is 12.1. The van der Waals surface area contributed by atoms with Gasteiger partial charge in [-0.15, -0.1) is 11.3 Å². The number of aryl methyl sites for hydroxylation is 2. The van der Waals surface area contributed by atoms with E-state index in [1.54, 1.807) is 18.4 Å². The average Bonchev–Trinajstić information content (AvgIpc) is 2.99. The van der Waals surface area contributed by atoms with E-state index in [0.717, 1.165) is 16.8 Å². The van der Waals surface area contributed by atoms with Crippen LogP contribution in [-0.4, -0.2) is 23.3 Å². The number of rotatable bonds is 6. The Morgan fingerprint density at radius 3 is 2.75 bits per heavy atom. The SMILES string of the molecule is Cc1csc([C@H](C#N)C(=O)COC(=O)/C=C/c2ccccc2C)n1. The third-order valence-electron chi connectivity index (χ3n) is 3.28. The molecule has 0 saturated carbocycles. The van der Waals surface area contributed by atoms with Gasteiger partial charge in [-0.1, -0.05) is 24.3 Å². The summed E-state index contributed by atoms with van der Waals surface area (Å²) in [4.78, 5) is 27.9. The lowest BCUT2D eigenvalue weighted by atomic mass is 10.1. The number of carbonyl (C=O) groups excluding carboxylic acids is 2. The summed E-state index contributed by atoms with van der Waals surface area (Å²) < 4.78 is 4.93. The molecule has 0 saturated heterocycles. The zero-order valence-corrected chi connectivity index (χ0v) is 14.2. The second-order valence-electron chi connectivity index (χ2n) is 5.15. The fraction of sp³-hybridized carbons (Fsp3) is 0.222. The van der Waals surface area contributed by atoms with E-state index in [-0.39, 0.29) is 0 Å². The molecule has 0 amide bonds. The second kappa shape index (κ2) is 8.18. The standard InChI is InChI=1S/C18H16N2O3S/c1-12-5-3-4-6-14(12)7-8-17(22)23-10-16(21)15(9-19)18-20-13(2)11-24-18/h3-8,11,15H,10H2,1-2H3/b8-7+/t15-/m1/s1. The number of hydrogen-bond donors (Lipinski definition) is 0. The third-order valence-corrected chi connectivity index (χ3v) is 4.31. The van der Waals surface area contributed by atoms with Crippen molar-refractivity contribution in [2.75, 3.05) is 6.61 Å². The Hall–Kier alpha value is -2.78. The first kappa shape index (κ1) is 17.6. The van der Waals surface area contributed by atoms with Crippen molar-refractivity contribution in [3.05, 3.63) is 57.6 Å². The Kier molecular flexibility index (Phi) is 5.99. The zero-order valence-electron chi connectivity index (χ0n) is 13.4. The van der Waals surface area contributed by atoms with Crippen molar-refractivity contribution < 1.29 is 14.3 Å². The van der Waals surface area contributed by atoms with Gasteiger partial charge in [-0.2, -0.15) is 5.26 Å². The Morgan fingerprint density at radius 2 is 2.12 bits per heavy atom. The van der Waals surface area contributed by atoms with Gasteiger partial charge in [0, 0.05) is 17.2 Å². The molecule has 2 rings (SSSR count). The van der Waals surface area contributed by atoms with Crippen LogP contribution >= 0.6 is 11.3 Å². The van der Waals surface area contributed by atoms with Gasteiger partial charge < -0.3 is 4.74 Å². The van der Waals surface area contributed by atoms with Crippen LogP contribution in [-0.2, 0) is 14.3 Å². The number of nitrogens with zero attached hydrogens (tertiary/aromatic N) is 2. The number of aromatic nitrogens is 1. The van der Waals surface area contributed by atoms with Crippen LogP contribution in [0.1, 0.15) is 27.7 Å². The molecule has 1 aromatic carbocycles. The maximum atomic E-state index is 12.1. The molecule has 0 unspecified atom stereocenters. The lowest BCUT2D eigenvalue weighted by Crippen LogP contribution is -2.19. The fourth-order valence-electron chi connectivity index (χ4n) is 1.98. The molecule has 0 aliphatic rings. The summed E-state index contributed by atoms with van der Waals surface area (Å²) in [5, 5.41) is 11.3. The molecular formula is C18H16N2O3S. The number of hydrogen-bond acceptors (Lipinski definition) is 6. The molecule has 0 spiro atoms. The predicted molar refractivity (Wildman–Crippen MR) is 91.4 cm³/mol. The lowest BCUT2D eigenvalue weighted by Gasteiger charge is -2.05. The number of esters is 1. The topological polar surface area (TPSA) is 80.0 Å². The first-order valence-corrected chi connectivity index (χ1v) is 8.14. The van der Waals surface area contributed by atoms with Gasteiger partial charge >= 0.3 is 5.97 Å². The molecule has 122 valence electrons. The van der Waals surface area contributed by atoms with Crippen LogP contribution in [0.2, 0.25) is 0 Å². The number of carbonyl (C=O) groups is 2. The highest BCUT2D eigenvalue weighted by Gasteiger charge is 2.24. The Balaban J connectivity index is 1.92. The molecule has 0 bridgehead atoms. The number of ketones is 1. The summed E-state index contributed by atoms with van der Waals surface area (Å²) in [5.41, 5.74) is 2.68. The van der Waals surface area contributed by atoms with Crippen LogP contribution in [0.25, 0.3) is 6.08 Å². The summed E-state index contributed by atoms with van der Waals surface area (Å²) in [7, 11) is 0. The number of nitriles is 1. The van der Waals surface area contributed by atoms with E-state index in [1.165, 1.54) is 17.4 Å². The molecule has 0 aliphatic heterocycles. The van der Waals surface area contributed by atoms with Crippen LogP contribution in [0.4, 0.5) is 0 Å². The Bertz CT molecular complexity index is 818. The molecular weight excluding hydrogens is 324 g/mol. The minimum absolute atomic E-state index is 0.423. The van der Waals surface area contributed by atoms with E-state index >= 15 is 0 Å². The van der Waals surface area contributed by atoms with Crippen LogP contribution in [0.3, 0.4) is 0 Å². The number of Topliss-reactive ketones (excluding diaryl/α,β-unsaturated/α-hetero) is 1. The highest BCUT2D eigenvalue weighted by molar-refractivity contribution is 7.09. The van der Waals surface area contributed by atoms with Crippen LogP contribution in [0.5, 0.6) is 0 Å². The highest BCUT2D eigenvalue weighted by atomic mass is 32.1. The van der Waals surface area contributed by atoms with Crippen molar-refractivity contribution in [1.82, 2.24) is 4.98 Å². The predicted octanol–water partition coefficient (Wildman–Crippen LogP) is 3.19. The van der Waals surface area contributed by atoms with Crippen LogP contribution in [0.15, 0.2) is 35.7 Å². The molecule has 24 heavy (non-hydrogen) atoms. The van der Waals surface area contributed by atoms with Gasteiger partial charge in [0.25, 0.3) is 0 Å². The molecule has 0 radical (unpaired) electrons. The largest absolute Gasteiger partial charge is 0.454 e. The number of benzene rings is 1. The van der Waals surface area contributed by atoms with Crippen molar-refractivity contribution >= 4 is 29.2 Å². The smallest absolute Gasteiger partial charge is 0.331 e. The molecule has 0 aliphatic carbocycles. The first-order valence-electron chi connectivity index (χ1n) is 7.26. The molecule has 1 atom stereocenters. The van der Waals surface area contributed by atoms with Gasteiger partial charge in [-0.3, -0.25) is 4.79 Å².